The number of rotatable bonds is 8. The fourth-order valence-electron chi connectivity index (χ4n) is 3.66. The lowest BCUT2D eigenvalue weighted by atomic mass is 10.2. The lowest BCUT2D eigenvalue weighted by Gasteiger charge is -2.19. The highest BCUT2D eigenvalue weighted by molar-refractivity contribution is 7.92. The highest BCUT2D eigenvalue weighted by atomic mass is 32.2. The van der Waals surface area contributed by atoms with E-state index in [9.17, 15) is 18.0 Å². The molecule has 10 nitrogen and oxygen atoms in total. The Bertz CT molecular complexity index is 1290. The van der Waals surface area contributed by atoms with Gasteiger partial charge in [0, 0.05) is 25.0 Å². The molecule has 2 amide bonds. The van der Waals surface area contributed by atoms with Crippen LogP contribution in [0, 0.1) is 0 Å². The van der Waals surface area contributed by atoms with E-state index in [2.05, 4.69) is 15.7 Å². The summed E-state index contributed by atoms with van der Waals surface area (Å²) in [5.41, 5.74) is 3.13. The topological polar surface area (TPSA) is 123 Å². The normalized spacial score (nSPS) is 12.8. The first-order chi connectivity index (χ1) is 16.4. The van der Waals surface area contributed by atoms with Crippen LogP contribution < -0.4 is 14.9 Å². The van der Waals surface area contributed by atoms with Crippen molar-refractivity contribution in [3.63, 3.8) is 0 Å². The van der Waals surface area contributed by atoms with E-state index in [0.717, 1.165) is 5.56 Å². The summed E-state index contributed by atoms with van der Waals surface area (Å²) in [4.78, 5) is 24.0. The molecule has 2 heterocycles. The molecule has 4 rings (SSSR count). The fraction of sp³-hybridized carbons (Fsp3) is 0.261. The number of para-hydroxylation sites is 1. The van der Waals surface area contributed by atoms with Crippen LogP contribution in [-0.2, 0) is 21.2 Å². The summed E-state index contributed by atoms with van der Waals surface area (Å²) in [7, 11) is -3.54. The molecule has 0 fully saturated rings. The van der Waals surface area contributed by atoms with Crippen LogP contribution in [0.4, 0.5) is 16.2 Å². The van der Waals surface area contributed by atoms with Gasteiger partial charge >= 0.3 is 12.0 Å². The van der Waals surface area contributed by atoms with E-state index in [-0.39, 0.29) is 24.6 Å². The Morgan fingerprint density at radius 2 is 1.85 bits per heavy atom. The number of carbonyl (C=O) groups is 2. The minimum atomic E-state index is -3.54. The Balaban J connectivity index is 1.28. The maximum absolute atomic E-state index is 12.7. The molecule has 0 bridgehead atoms. The third kappa shape index (κ3) is 5.20. The van der Waals surface area contributed by atoms with Crippen LogP contribution in [0.1, 0.15) is 23.0 Å². The van der Waals surface area contributed by atoms with Crippen molar-refractivity contribution >= 4 is 33.4 Å². The smallest absolute Gasteiger partial charge is 0.358 e. The van der Waals surface area contributed by atoms with Crippen LogP contribution in [0.15, 0.2) is 60.8 Å². The van der Waals surface area contributed by atoms with Gasteiger partial charge < -0.3 is 15.4 Å². The van der Waals surface area contributed by atoms with Crippen molar-refractivity contribution in [2.45, 2.75) is 13.3 Å². The number of carbonyl (C=O) groups excluding carboxylic acids is 2. The van der Waals surface area contributed by atoms with Gasteiger partial charge in [-0.3, -0.25) is 4.31 Å². The van der Waals surface area contributed by atoms with Gasteiger partial charge in [0.1, 0.15) is 0 Å². The molecule has 2 N–H and O–H groups in total. The van der Waals surface area contributed by atoms with Crippen molar-refractivity contribution in [2.24, 2.45) is 0 Å². The van der Waals surface area contributed by atoms with Gasteiger partial charge in [0.25, 0.3) is 0 Å². The lowest BCUT2D eigenvalue weighted by molar-refractivity contribution is 0.0519. The van der Waals surface area contributed by atoms with Crippen molar-refractivity contribution in [1.29, 1.82) is 0 Å². The van der Waals surface area contributed by atoms with Crippen LogP contribution in [0.3, 0.4) is 0 Å². The van der Waals surface area contributed by atoms with Crippen molar-refractivity contribution in [2.75, 3.05) is 35.1 Å². The van der Waals surface area contributed by atoms with Gasteiger partial charge in [0.15, 0.2) is 5.69 Å². The number of anilines is 2. The fourth-order valence-corrected chi connectivity index (χ4v) is 5.08. The quantitative estimate of drug-likeness (QED) is 0.475. The number of benzene rings is 2. The predicted molar refractivity (Wildman–Crippen MR) is 128 cm³/mol. The van der Waals surface area contributed by atoms with Gasteiger partial charge in [-0.05, 0) is 55.3 Å². The monoisotopic (exact) mass is 483 g/mol. The third-order valence-corrected chi connectivity index (χ3v) is 7.06. The van der Waals surface area contributed by atoms with Crippen molar-refractivity contribution in [3.8, 4) is 5.69 Å². The molecular formula is C23H25N5O5S. The zero-order valence-electron chi connectivity index (χ0n) is 18.6. The molecule has 3 aromatic rings. The molecule has 0 aliphatic carbocycles. The first-order valence-corrected chi connectivity index (χ1v) is 12.4. The van der Waals surface area contributed by atoms with E-state index in [1.807, 2.05) is 18.2 Å². The maximum Gasteiger partial charge on any atom is 0.358 e. The molecule has 1 aliphatic rings. The van der Waals surface area contributed by atoms with Gasteiger partial charge in [0.2, 0.25) is 10.0 Å². The molecule has 0 unspecified atom stereocenters. The molecule has 0 saturated carbocycles. The zero-order valence-corrected chi connectivity index (χ0v) is 19.4. The number of urea groups is 1. The Morgan fingerprint density at radius 1 is 1.09 bits per heavy atom. The van der Waals surface area contributed by atoms with Crippen molar-refractivity contribution in [1.82, 2.24) is 15.1 Å². The summed E-state index contributed by atoms with van der Waals surface area (Å²) in [5.74, 6) is -0.692. The van der Waals surface area contributed by atoms with Crippen LogP contribution in [0.25, 0.3) is 5.69 Å². The summed E-state index contributed by atoms with van der Waals surface area (Å²) in [5, 5.41) is 9.44. The number of sulfonamides is 1. The highest BCUT2D eigenvalue weighted by Gasteiger charge is 2.28. The number of hydrogen-bond donors (Lipinski definition) is 2. The number of ether oxygens (including phenoxy) is 1. The first-order valence-electron chi connectivity index (χ1n) is 10.8. The van der Waals surface area contributed by atoms with E-state index >= 15 is 0 Å². The number of fused-ring (bicyclic) bond motifs is 1. The maximum atomic E-state index is 12.7. The molecule has 2 aromatic carbocycles. The average molecular weight is 484 g/mol. The average Bonchev–Trinajstić information content (AvgIpc) is 3.48. The van der Waals surface area contributed by atoms with Crippen LogP contribution in [0.2, 0.25) is 0 Å². The van der Waals surface area contributed by atoms with E-state index in [1.165, 1.54) is 8.99 Å². The van der Waals surface area contributed by atoms with E-state index in [1.54, 1.807) is 49.5 Å². The van der Waals surface area contributed by atoms with E-state index in [4.69, 9.17) is 4.74 Å². The summed E-state index contributed by atoms with van der Waals surface area (Å²) in [6, 6.07) is 15.3. The Morgan fingerprint density at radius 3 is 2.62 bits per heavy atom. The van der Waals surface area contributed by atoms with Crippen LogP contribution in [0.5, 0.6) is 0 Å². The van der Waals surface area contributed by atoms with Crippen molar-refractivity contribution in [3.05, 3.63) is 72.1 Å². The van der Waals surface area contributed by atoms with E-state index in [0.29, 0.717) is 30.0 Å². The van der Waals surface area contributed by atoms with Gasteiger partial charge in [-0.2, -0.15) is 5.10 Å². The predicted octanol–water partition coefficient (Wildman–Crippen LogP) is 2.56. The second-order valence-corrected chi connectivity index (χ2v) is 9.57. The first kappa shape index (κ1) is 23.3. The SMILES string of the molecule is CCOC(=O)c1ccn(-c2ccc(NC(=O)NCCS(=O)(=O)N3CCc4ccccc43)cc2)n1. The number of nitrogens with zero attached hydrogens (tertiary/aromatic N) is 3. The summed E-state index contributed by atoms with van der Waals surface area (Å²) < 4.78 is 33.3. The molecule has 1 aromatic heterocycles. The van der Waals surface area contributed by atoms with Crippen LogP contribution >= 0.6 is 0 Å². The second-order valence-electron chi connectivity index (χ2n) is 7.56. The van der Waals surface area contributed by atoms with Gasteiger partial charge in [0.05, 0.1) is 23.7 Å². The van der Waals surface area contributed by atoms with Gasteiger partial charge in [-0.25, -0.2) is 22.7 Å². The molecule has 1 aliphatic heterocycles. The molecule has 0 spiro atoms. The standard InChI is InChI=1S/C23H25N5O5S/c1-2-33-22(29)20-12-14-27(26-20)19-9-7-18(8-10-19)25-23(30)24-13-16-34(31,32)28-15-11-17-5-3-4-6-21(17)28/h3-10,12,14H,2,11,13,15-16H2,1H3,(H2,24,25,30). The zero-order chi connectivity index (χ0) is 24.1. The molecule has 0 saturated heterocycles. The molecule has 34 heavy (non-hydrogen) atoms. The number of esters is 1. The second kappa shape index (κ2) is 9.96. The molecule has 178 valence electrons. The largest absolute Gasteiger partial charge is 0.461 e. The minimum absolute atomic E-state index is 0.0190. The third-order valence-electron chi connectivity index (χ3n) is 5.29. The summed E-state index contributed by atoms with van der Waals surface area (Å²) in [6.07, 6.45) is 2.32. The Labute approximate surface area is 197 Å². The number of hydrogen-bond acceptors (Lipinski definition) is 6. The minimum Gasteiger partial charge on any atom is -0.461 e. The Hall–Kier alpha value is -3.86. The molecule has 11 heteroatoms. The van der Waals surface area contributed by atoms with E-state index < -0.39 is 22.0 Å². The molecule has 0 atom stereocenters. The summed E-state index contributed by atoms with van der Waals surface area (Å²) >= 11 is 0. The molecule has 0 radical (unpaired) electrons. The number of nitrogens with one attached hydrogen (secondary N) is 2. The van der Waals surface area contributed by atoms with Gasteiger partial charge in [-0.1, -0.05) is 18.2 Å². The Kier molecular flexibility index (Phi) is 6.82. The van der Waals surface area contributed by atoms with Crippen molar-refractivity contribution < 1.29 is 22.7 Å². The molecular weight excluding hydrogens is 458 g/mol. The van der Waals surface area contributed by atoms with Gasteiger partial charge in [-0.15, -0.1) is 0 Å². The highest BCUT2D eigenvalue weighted by Crippen LogP contribution is 2.29. The summed E-state index contributed by atoms with van der Waals surface area (Å²) in [6.45, 7) is 2.39. The van der Waals surface area contributed by atoms with Crippen LogP contribution in [-0.4, -0.2) is 55.6 Å². The number of aromatic nitrogens is 2. The number of amides is 2. The lowest BCUT2D eigenvalue weighted by Crippen LogP contribution is -2.38.